The Balaban J connectivity index is 3.04. The molecule has 0 fully saturated rings. The van der Waals surface area contributed by atoms with Gasteiger partial charge in [-0.1, -0.05) is 44.2 Å². The van der Waals surface area contributed by atoms with E-state index in [-0.39, 0.29) is 25.2 Å². The van der Waals surface area contributed by atoms with E-state index in [0.29, 0.717) is 19.4 Å². The van der Waals surface area contributed by atoms with Gasteiger partial charge in [-0.2, -0.15) is 0 Å². The van der Waals surface area contributed by atoms with Gasteiger partial charge in [-0.25, -0.2) is 4.79 Å². The Kier molecular flexibility index (Phi) is 12.8. The number of carbonyl (C=O) groups is 4. The van der Waals surface area contributed by atoms with Crippen LogP contribution in [0.3, 0.4) is 0 Å². The average molecular weight is 478 g/mol. The van der Waals surface area contributed by atoms with Gasteiger partial charge in [0.15, 0.2) is 0 Å². The van der Waals surface area contributed by atoms with E-state index in [1.807, 2.05) is 44.2 Å². The van der Waals surface area contributed by atoms with Crippen molar-refractivity contribution in [1.82, 2.24) is 16.0 Å². The summed E-state index contributed by atoms with van der Waals surface area (Å²) in [7, 11) is 0. The summed E-state index contributed by atoms with van der Waals surface area (Å²) in [5, 5.41) is 17.3. The SMILES string of the molecule is CC(C)CC(NC(=O)C(CCCCN)NC(=O)C(Cc1ccccc1)NC(=O)C(C)N)C(=O)O. The lowest BCUT2D eigenvalue weighted by atomic mass is 10.0. The lowest BCUT2D eigenvalue weighted by molar-refractivity contribution is -0.142. The van der Waals surface area contributed by atoms with Crippen LogP contribution in [0.25, 0.3) is 0 Å². The molecule has 0 radical (unpaired) electrons. The Labute approximate surface area is 201 Å². The molecule has 8 N–H and O–H groups in total. The number of rotatable bonds is 15. The molecule has 190 valence electrons. The highest BCUT2D eigenvalue weighted by atomic mass is 16.4. The van der Waals surface area contributed by atoms with E-state index >= 15 is 0 Å². The number of nitrogens with one attached hydrogen (secondary N) is 3. The molecule has 0 spiro atoms. The van der Waals surface area contributed by atoms with Crippen molar-refractivity contribution in [1.29, 1.82) is 0 Å². The summed E-state index contributed by atoms with van der Waals surface area (Å²) in [6.45, 7) is 5.65. The van der Waals surface area contributed by atoms with Gasteiger partial charge in [-0.05, 0) is 50.6 Å². The van der Waals surface area contributed by atoms with E-state index in [0.717, 1.165) is 5.56 Å². The normalized spacial score (nSPS) is 14.5. The van der Waals surface area contributed by atoms with Crippen molar-refractivity contribution < 1.29 is 24.3 Å². The summed E-state index contributed by atoms with van der Waals surface area (Å²) < 4.78 is 0. The molecule has 0 heterocycles. The Hall–Kier alpha value is -2.98. The molecule has 10 nitrogen and oxygen atoms in total. The number of benzene rings is 1. The van der Waals surface area contributed by atoms with E-state index in [2.05, 4.69) is 16.0 Å². The largest absolute Gasteiger partial charge is 0.480 e. The van der Waals surface area contributed by atoms with Crippen LogP contribution in [0.5, 0.6) is 0 Å². The lowest BCUT2D eigenvalue weighted by Crippen LogP contribution is -2.57. The fourth-order valence-corrected chi connectivity index (χ4v) is 3.36. The maximum absolute atomic E-state index is 13.2. The van der Waals surface area contributed by atoms with Gasteiger partial charge in [-0.3, -0.25) is 14.4 Å². The topological polar surface area (TPSA) is 177 Å². The second-order valence-electron chi connectivity index (χ2n) is 8.91. The molecule has 1 aromatic rings. The van der Waals surface area contributed by atoms with Crippen LogP contribution in [0.2, 0.25) is 0 Å². The molecular weight excluding hydrogens is 438 g/mol. The number of carboxylic acids is 1. The molecule has 4 atom stereocenters. The monoisotopic (exact) mass is 477 g/mol. The summed E-state index contributed by atoms with van der Waals surface area (Å²) in [5.41, 5.74) is 12.0. The van der Waals surface area contributed by atoms with Gasteiger partial charge in [0.25, 0.3) is 0 Å². The standard InChI is InChI=1S/C24H39N5O5/c1-15(2)13-20(24(33)34)29-22(31)18(11-7-8-12-25)27-23(32)19(28-21(30)16(3)26)14-17-9-5-4-6-10-17/h4-6,9-10,15-16,18-20H,7-8,11-14,25-26H2,1-3H3,(H,27,32)(H,28,30)(H,29,31)(H,33,34). The quantitative estimate of drug-likeness (QED) is 0.197. The van der Waals surface area contributed by atoms with E-state index in [9.17, 15) is 24.3 Å². The highest BCUT2D eigenvalue weighted by Crippen LogP contribution is 2.09. The number of hydrogen-bond donors (Lipinski definition) is 6. The van der Waals surface area contributed by atoms with E-state index < -0.39 is 47.9 Å². The van der Waals surface area contributed by atoms with Crippen molar-refractivity contribution >= 4 is 23.7 Å². The van der Waals surface area contributed by atoms with E-state index in [1.165, 1.54) is 6.92 Å². The van der Waals surface area contributed by atoms with E-state index in [4.69, 9.17) is 11.5 Å². The van der Waals surface area contributed by atoms with Gasteiger partial charge in [0.05, 0.1) is 6.04 Å². The number of carbonyl (C=O) groups excluding carboxylic acids is 3. The number of amides is 3. The summed E-state index contributed by atoms with van der Waals surface area (Å²) >= 11 is 0. The van der Waals surface area contributed by atoms with Crippen molar-refractivity contribution in [2.75, 3.05) is 6.54 Å². The van der Waals surface area contributed by atoms with Crippen LogP contribution in [0.15, 0.2) is 30.3 Å². The predicted molar refractivity (Wildman–Crippen MR) is 130 cm³/mol. The van der Waals surface area contributed by atoms with Crippen molar-refractivity contribution in [2.24, 2.45) is 17.4 Å². The molecule has 0 aromatic heterocycles. The second kappa shape index (κ2) is 15.0. The molecule has 0 saturated heterocycles. The smallest absolute Gasteiger partial charge is 0.326 e. The molecule has 4 unspecified atom stereocenters. The Morgan fingerprint density at radius 2 is 1.41 bits per heavy atom. The first-order valence-electron chi connectivity index (χ1n) is 11.7. The van der Waals surface area contributed by atoms with Gasteiger partial charge in [0.2, 0.25) is 17.7 Å². The van der Waals surface area contributed by atoms with Crippen LogP contribution in [-0.4, -0.2) is 59.5 Å². The van der Waals surface area contributed by atoms with Gasteiger partial charge >= 0.3 is 5.97 Å². The molecule has 0 aliphatic rings. The fourth-order valence-electron chi connectivity index (χ4n) is 3.36. The van der Waals surface area contributed by atoms with Crippen molar-refractivity contribution in [3.63, 3.8) is 0 Å². The number of aliphatic carboxylic acids is 1. The maximum Gasteiger partial charge on any atom is 0.326 e. The minimum absolute atomic E-state index is 0.0513. The van der Waals surface area contributed by atoms with Crippen LogP contribution in [0.4, 0.5) is 0 Å². The number of nitrogens with two attached hydrogens (primary N) is 2. The zero-order valence-corrected chi connectivity index (χ0v) is 20.3. The zero-order valence-electron chi connectivity index (χ0n) is 20.3. The Morgan fingerprint density at radius 3 is 1.94 bits per heavy atom. The van der Waals surface area contributed by atoms with Crippen molar-refractivity contribution in [2.45, 2.75) is 77.0 Å². The first-order valence-corrected chi connectivity index (χ1v) is 11.7. The highest BCUT2D eigenvalue weighted by Gasteiger charge is 2.30. The summed E-state index contributed by atoms with van der Waals surface area (Å²) in [6.07, 6.45) is 1.94. The summed E-state index contributed by atoms with van der Waals surface area (Å²) in [5.74, 6) is -2.73. The van der Waals surface area contributed by atoms with Crippen LogP contribution >= 0.6 is 0 Å². The third-order valence-electron chi connectivity index (χ3n) is 5.23. The highest BCUT2D eigenvalue weighted by molar-refractivity contribution is 5.94. The molecule has 0 aliphatic carbocycles. The first kappa shape index (κ1) is 29.1. The maximum atomic E-state index is 13.2. The van der Waals surface area contributed by atoms with E-state index in [1.54, 1.807) is 0 Å². The molecule has 10 heteroatoms. The number of hydrogen-bond acceptors (Lipinski definition) is 6. The van der Waals surface area contributed by atoms with Crippen molar-refractivity contribution in [3.8, 4) is 0 Å². The van der Waals surface area contributed by atoms with Crippen molar-refractivity contribution in [3.05, 3.63) is 35.9 Å². The van der Waals surface area contributed by atoms with Gasteiger partial charge in [0, 0.05) is 6.42 Å². The minimum atomic E-state index is -1.14. The third kappa shape index (κ3) is 10.8. The molecule has 1 rings (SSSR count). The number of unbranched alkanes of at least 4 members (excludes halogenated alkanes) is 1. The third-order valence-corrected chi connectivity index (χ3v) is 5.23. The molecule has 0 saturated carbocycles. The molecule has 0 aliphatic heterocycles. The molecule has 0 bridgehead atoms. The van der Waals surface area contributed by atoms with Crippen LogP contribution < -0.4 is 27.4 Å². The van der Waals surface area contributed by atoms with Crippen LogP contribution in [0, 0.1) is 5.92 Å². The van der Waals surface area contributed by atoms with Crippen LogP contribution in [-0.2, 0) is 25.6 Å². The molecule has 1 aromatic carbocycles. The molecule has 3 amide bonds. The molecular formula is C24H39N5O5. The van der Waals surface area contributed by atoms with Gasteiger partial charge in [-0.15, -0.1) is 0 Å². The fraction of sp³-hybridized carbons (Fsp3) is 0.583. The second-order valence-corrected chi connectivity index (χ2v) is 8.91. The van der Waals surface area contributed by atoms with Gasteiger partial charge in [0.1, 0.15) is 18.1 Å². The predicted octanol–water partition coefficient (Wildman–Crippen LogP) is 0.290. The Bertz CT molecular complexity index is 800. The summed E-state index contributed by atoms with van der Waals surface area (Å²) in [4.78, 5) is 49.9. The minimum Gasteiger partial charge on any atom is -0.480 e. The first-order chi connectivity index (χ1) is 16.0. The average Bonchev–Trinajstić information content (AvgIpc) is 2.77. The lowest BCUT2D eigenvalue weighted by Gasteiger charge is -2.25. The summed E-state index contributed by atoms with van der Waals surface area (Å²) in [6, 6.07) is 5.31. The zero-order chi connectivity index (χ0) is 25.7. The molecule has 34 heavy (non-hydrogen) atoms. The Morgan fingerprint density at radius 1 is 0.853 bits per heavy atom. The van der Waals surface area contributed by atoms with Crippen LogP contribution in [0.1, 0.15) is 52.0 Å². The number of carboxylic acid groups (broad SMARTS) is 1. The van der Waals surface area contributed by atoms with Gasteiger partial charge < -0.3 is 32.5 Å².